The Labute approximate surface area is 126 Å². The van der Waals surface area contributed by atoms with Crippen LogP contribution in [-0.2, 0) is 5.60 Å². The lowest BCUT2D eigenvalue weighted by molar-refractivity contribution is -0.150. The molecular weight excluding hydrogens is 272 g/mol. The number of ether oxygens (including phenoxy) is 1. The highest BCUT2D eigenvalue weighted by atomic mass is 35.5. The number of fused-ring (bicyclic) bond motifs is 2. The van der Waals surface area contributed by atoms with Gasteiger partial charge in [-0.25, -0.2) is 0 Å². The van der Waals surface area contributed by atoms with Crippen molar-refractivity contribution in [2.75, 3.05) is 7.11 Å². The predicted octanol–water partition coefficient (Wildman–Crippen LogP) is 4.38. The molecule has 0 aliphatic heterocycles. The minimum atomic E-state index is -0.819. The molecule has 20 heavy (non-hydrogen) atoms. The van der Waals surface area contributed by atoms with Crippen LogP contribution in [0.2, 0.25) is 5.02 Å². The summed E-state index contributed by atoms with van der Waals surface area (Å²) in [5, 5.41) is 12.2. The van der Waals surface area contributed by atoms with Crippen LogP contribution in [0.4, 0.5) is 0 Å². The van der Waals surface area contributed by atoms with Crippen molar-refractivity contribution in [3.8, 4) is 5.75 Å². The maximum Gasteiger partial charge on any atom is 0.137 e. The van der Waals surface area contributed by atoms with Gasteiger partial charge in [0.05, 0.1) is 12.1 Å². The zero-order valence-electron chi connectivity index (χ0n) is 12.7. The molecule has 2 nitrogen and oxygen atoms in total. The summed E-state index contributed by atoms with van der Waals surface area (Å²) in [4.78, 5) is 0. The monoisotopic (exact) mass is 294 g/mol. The van der Waals surface area contributed by atoms with Gasteiger partial charge in [0.1, 0.15) is 11.4 Å². The summed E-state index contributed by atoms with van der Waals surface area (Å²) < 4.78 is 5.33. The van der Waals surface area contributed by atoms with Gasteiger partial charge in [-0.2, -0.15) is 0 Å². The first kappa shape index (κ1) is 14.2. The summed E-state index contributed by atoms with van der Waals surface area (Å²) in [5.41, 5.74) is -0.0620. The highest BCUT2D eigenvalue weighted by molar-refractivity contribution is 6.32. The fourth-order valence-corrected chi connectivity index (χ4v) is 5.06. The second-order valence-electron chi connectivity index (χ2n) is 7.28. The molecule has 2 aliphatic rings. The Kier molecular flexibility index (Phi) is 2.94. The van der Waals surface area contributed by atoms with Crippen molar-refractivity contribution in [1.29, 1.82) is 0 Å². The van der Waals surface area contributed by atoms with Crippen LogP contribution in [0, 0.1) is 16.7 Å². The van der Waals surface area contributed by atoms with E-state index in [1.165, 1.54) is 6.42 Å². The smallest absolute Gasteiger partial charge is 0.137 e. The maximum atomic E-state index is 11.7. The first-order valence-electron chi connectivity index (χ1n) is 7.33. The van der Waals surface area contributed by atoms with Gasteiger partial charge in [0.2, 0.25) is 0 Å². The molecule has 0 heterocycles. The highest BCUT2D eigenvalue weighted by Crippen LogP contribution is 2.71. The van der Waals surface area contributed by atoms with Crippen LogP contribution in [0.25, 0.3) is 0 Å². The third kappa shape index (κ3) is 1.50. The standard InChI is InChI=1S/C17H23ClO2/c1-15(2)12-7-8-16(3,10-12)17(15,19)11-5-6-13(18)14(9-11)20-4/h5-6,9,12,19H,7-8,10H2,1-4H3. The first-order valence-corrected chi connectivity index (χ1v) is 7.70. The minimum absolute atomic E-state index is 0.0555. The summed E-state index contributed by atoms with van der Waals surface area (Å²) in [7, 11) is 1.61. The van der Waals surface area contributed by atoms with E-state index in [0.29, 0.717) is 16.7 Å². The van der Waals surface area contributed by atoms with E-state index < -0.39 is 5.60 Å². The third-order valence-corrected chi connectivity index (χ3v) is 6.45. The molecule has 0 spiro atoms. The molecule has 3 unspecified atom stereocenters. The van der Waals surface area contributed by atoms with Gasteiger partial charge in [0.25, 0.3) is 0 Å². The molecule has 0 amide bonds. The van der Waals surface area contributed by atoms with Crippen LogP contribution < -0.4 is 4.74 Å². The molecule has 3 rings (SSSR count). The van der Waals surface area contributed by atoms with Crippen molar-refractivity contribution in [2.45, 2.75) is 45.6 Å². The molecule has 1 aromatic rings. The quantitative estimate of drug-likeness (QED) is 0.877. The van der Waals surface area contributed by atoms with Crippen molar-refractivity contribution in [1.82, 2.24) is 0 Å². The molecule has 1 aromatic carbocycles. The van der Waals surface area contributed by atoms with E-state index in [0.717, 1.165) is 18.4 Å². The van der Waals surface area contributed by atoms with Gasteiger partial charge >= 0.3 is 0 Å². The van der Waals surface area contributed by atoms with E-state index in [9.17, 15) is 5.11 Å². The highest BCUT2D eigenvalue weighted by Gasteiger charge is 2.69. The molecule has 3 heteroatoms. The topological polar surface area (TPSA) is 29.5 Å². The van der Waals surface area contributed by atoms with Crippen LogP contribution in [-0.4, -0.2) is 12.2 Å². The van der Waals surface area contributed by atoms with E-state index in [1.807, 2.05) is 18.2 Å². The third-order valence-electron chi connectivity index (χ3n) is 6.14. The average Bonchev–Trinajstić information content (AvgIpc) is 2.87. The summed E-state index contributed by atoms with van der Waals surface area (Å²) in [6, 6.07) is 5.70. The van der Waals surface area contributed by atoms with Crippen molar-refractivity contribution in [3.05, 3.63) is 28.8 Å². The van der Waals surface area contributed by atoms with E-state index in [1.54, 1.807) is 7.11 Å². The van der Waals surface area contributed by atoms with Gasteiger partial charge in [0, 0.05) is 10.8 Å². The predicted molar refractivity (Wildman–Crippen MR) is 81.1 cm³/mol. The Morgan fingerprint density at radius 3 is 2.55 bits per heavy atom. The Balaban J connectivity index is 2.17. The number of hydrogen-bond donors (Lipinski definition) is 1. The second kappa shape index (κ2) is 4.14. The molecule has 2 aliphatic carbocycles. The Morgan fingerprint density at radius 2 is 2.00 bits per heavy atom. The van der Waals surface area contributed by atoms with Crippen molar-refractivity contribution in [3.63, 3.8) is 0 Å². The largest absolute Gasteiger partial charge is 0.495 e. The van der Waals surface area contributed by atoms with E-state index in [2.05, 4.69) is 20.8 Å². The van der Waals surface area contributed by atoms with Gasteiger partial charge < -0.3 is 9.84 Å². The molecule has 0 radical (unpaired) electrons. The Bertz CT molecular complexity index is 547. The zero-order chi connectivity index (χ0) is 14.8. The number of hydrogen-bond acceptors (Lipinski definition) is 2. The molecular formula is C17H23ClO2. The van der Waals surface area contributed by atoms with Crippen LogP contribution in [0.15, 0.2) is 18.2 Å². The van der Waals surface area contributed by atoms with Crippen LogP contribution in [0.3, 0.4) is 0 Å². The fraction of sp³-hybridized carbons (Fsp3) is 0.647. The number of rotatable bonds is 2. The van der Waals surface area contributed by atoms with E-state index >= 15 is 0 Å². The van der Waals surface area contributed by atoms with E-state index in [4.69, 9.17) is 16.3 Å². The molecule has 1 N–H and O–H groups in total. The number of aliphatic hydroxyl groups is 1. The van der Waals surface area contributed by atoms with E-state index in [-0.39, 0.29) is 10.8 Å². The molecule has 0 aromatic heterocycles. The van der Waals surface area contributed by atoms with Crippen LogP contribution in [0.1, 0.15) is 45.6 Å². The SMILES string of the molecule is COc1cc(C2(O)C3(C)CCC(C3)C2(C)C)ccc1Cl. The van der Waals surface area contributed by atoms with Gasteiger partial charge in [-0.3, -0.25) is 0 Å². The lowest BCUT2D eigenvalue weighted by Gasteiger charge is -2.51. The summed E-state index contributed by atoms with van der Waals surface area (Å²) in [5.74, 6) is 1.22. The number of methoxy groups -OCH3 is 1. The summed E-state index contributed by atoms with van der Waals surface area (Å²) >= 11 is 6.13. The Morgan fingerprint density at radius 1 is 1.30 bits per heavy atom. The van der Waals surface area contributed by atoms with Crippen LogP contribution >= 0.6 is 11.6 Å². The van der Waals surface area contributed by atoms with Gasteiger partial charge in [-0.1, -0.05) is 38.4 Å². The molecule has 2 saturated carbocycles. The molecule has 110 valence electrons. The van der Waals surface area contributed by atoms with Gasteiger partial charge in [-0.15, -0.1) is 0 Å². The number of benzene rings is 1. The van der Waals surface area contributed by atoms with Crippen molar-refractivity contribution in [2.24, 2.45) is 16.7 Å². The first-order chi connectivity index (χ1) is 9.26. The molecule has 3 atom stereocenters. The van der Waals surface area contributed by atoms with Gasteiger partial charge in [-0.05, 0) is 42.9 Å². The normalized spacial score (nSPS) is 38.2. The van der Waals surface area contributed by atoms with Crippen LogP contribution in [0.5, 0.6) is 5.75 Å². The average molecular weight is 295 g/mol. The fourth-order valence-electron chi connectivity index (χ4n) is 4.86. The summed E-state index contributed by atoms with van der Waals surface area (Å²) in [6.07, 6.45) is 3.40. The molecule has 0 saturated heterocycles. The van der Waals surface area contributed by atoms with Crippen molar-refractivity contribution < 1.29 is 9.84 Å². The maximum absolute atomic E-state index is 11.7. The summed E-state index contributed by atoms with van der Waals surface area (Å²) in [6.45, 7) is 6.62. The van der Waals surface area contributed by atoms with Gasteiger partial charge in [0.15, 0.2) is 0 Å². The molecule has 2 bridgehead atoms. The second-order valence-corrected chi connectivity index (χ2v) is 7.69. The minimum Gasteiger partial charge on any atom is -0.495 e. The lowest BCUT2D eigenvalue weighted by atomic mass is 9.58. The van der Waals surface area contributed by atoms with Crippen molar-refractivity contribution >= 4 is 11.6 Å². The molecule has 2 fully saturated rings. The lowest BCUT2D eigenvalue weighted by Crippen LogP contribution is -2.51. The Hall–Kier alpha value is -0.730. The number of halogens is 1. The zero-order valence-corrected chi connectivity index (χ0v) is 13.4.